The fourth-order valence-electron chi connectivity index (χ4n) is 4.35. The molecule has 1 fully saturated rings. The molecule has 0 atom stereocenters. The number of benzene rings is 3. The number of amides is 3. The third kappa shape index (κ3) is 5.87. The van der Waals surface area contributed by atoms with E-state index in [1.165, 1.54) is 31.4 Å². The van der Waals surface area contributed by atoms with Gasteiger partial charge in [-0.1, -0.05) is 12.1 Å². The Bertz CT molecular complexity index is 1500. The van der Waals surface area contributed by atoms with E-state index in [1.807, 2.05) is 0 Å². The molecule has 0 spiro atoms. The number of likely N-dealkylation sites (N-methyl/N-ethyl adjacent to an activating group) is 1. The van der Waals surface area contributed by atoms with Crippen LogP contribution in [0.3, 0.4) is 0 Å². The second-order valence-corrected chi connectivity index (χ2v) is 9.40. The summed E-state index contributed by atoms with van der Waals surface area (Å²) in [5.41, 5.74) is 0.400. The highest BCUT2D eigenvalue weighted by Crippen LogP contribution is 2.34. The third-order valence-corrected chi connectivity index (χ3v) is 6.37. The Labute approximate surface area is 235 Å². The Morgan fingerprint density at radius 1 is 0.951 bits per heavy atom. The molecular weight excluding hydrogens is 537 g/mol. The molecule has 12 heteroatoms. The molecule has 3 aromatic carbocycles. The second kappa shape index (κ2) is 12.1. The Hall–Kier alpha value is -4.84. The predicted molar refractivity (Wildman–Crippen MR) is 151 cm³/mol. The molecule has 0 aromatic heterocycles. The van der Waals surface area contributed by atoms with Gasteiger partial charge >= 0.3 is 6.03 Å². The lowest BCUT2D eigenvalue weighted by molar-refractivity contribution is -0.114. The Kier molecular flexibility index (Phi) is 8.62. The zero-order valence-corrected chi connectivity index (χ0v) is 22.9. The van der Waals surface area contributed by atoms with Crippen molar-refractivity contribution >= 4 is 34.8 Å². The van der Waals surface area contributed by atoms with Crippen LogP contribution in [0, 0.1) is 22.9 Å². The zero-order chi connectivity index (χ0) is 29.8. The molecule has 0 bridgehead atoms. The number of hydrogen-bond acceptors (Lipinski definition) is 7. The highest BCUT2D eigenvalue weighted by Gasteiger charge is 2.44. The van der Waals surface area contributed by atoms with Gasteiger partial charge in [0.15, 0.2) is 11.6 Å². The maximum atomic E-state index is 15.4. The SMILES string of the molecule is CNc1ccc(N/C(CN(C)C)=C2\C(=N)N(Cc3c(F)cccc3F)C(=O)N(c3cccc(OC)c3F)C2=O)cc1. The lowest BCUT2D eigenvalue weighted by Gasteiger charge is -2.37. The van der Waals surface area contributed by atoms with E-state index in [0.717, 1.165) is 22.7 Å². The van der Waals surface area contributed by atoms with Crippen LogP contribution in [-0.4, -0.2) is 62.4 Å². The number of nitrogens with zero attached hydrogens (tertiary/aromatic N) is 3. The Morgan fingerprint density at radius 2 is 1.56 bits per heavy atom. The monoisotopic (exact) mass is 566 g/mol. The van der Waals surface area contributed by atoms with E-state index >= 15 is 4.39 Å². The van der Waals surface area contributed by atoms with Gasteiger partial charge in [0, 0.05) is 36.2 Å². The first-order valence-corrected chi connectivity index (χ1v) is 12.5. The minimum absolute atomic E-state index is 0.0990. The predicted octanol–water partition coefficient (Wildman–Crippen LogP) is 5.03. The fourth-order valence-corrected chi connectivity index (χ4v) is 4.35. The van der Waals surface area contributed by atoms with Crippen molar-refractivity contribution in [2.24, 2.45) is 0 Å². The minimum Gasteiger partial charge on any atom is -0.494 e. The molecule has 0 saturated carbocycles. The number of methoxy groups -OCH3 is 1. The molecule has 1 saturated heterocycles. The van der Waals surface area contributed by atoms with E-state index in [4.69, 9.17) is 10.1 Å². The van der Waals surface area contributed by atoms with Crippen LogP contribution in [0.5, 0.6) is 5.75 Å². The summed E-state index contributed by atoms with van der Waals surface area (Å²) in [4.78, 5) is 30.7. The van der Waals surface area contributed by atoms with Crippen LogP contribution in [0.4, 0.5) is 35.0 Å². The summed E-state index contributed by atoms with van der Waals surface area (Å²) in [6, 6.07) is 13.1. The number of urea groups is 1. The van der Waals surface area contributed by atoms with Gasteiger partial charge < -0.3 is 20.3 Å². The summed E-state index contributed by atoms with van der Waals surface area (Å²) in [7, 11) is 6.47. The van der Waals surface area contributed by atoms with Gasteiger partial charge in [0.25, 0.3) is 5.91 Å². The van der Waals surface area contributed by atoms with Gasteiger partial charge in [-0.15, -0.1) is 0 Å². The molecule has 0 radical (unpaired) electrons. The molecule has 41 heavy (non-hydrogen) atoms. The number of hydrogen-bond donors (Lipinski definition) is 3. The number of carbonyl (C=O) groups is 2. The summed E-state index contributed by atoms with van der Waals surface area (Å²) in [5.74, 6) is -4.69. The topological polar surface area (TPSA) is 101 Å². The number of imide groups is 1. The standard InChI is InChI=1S/C29H29F3N6O3/c1-34-17-11-13-18(14-12-17)35-22(16-36(2)3)25-27(33)37(15-19-20(30)7-5-8-21(19)31)29(40)38(28(25)39)23-9-6-10-24(41-4)26(23)32/h5-14,33-35H,15-16H2,1-4H3/b25-22+,33-27?. The zero-order valence-electron chi connectivity index (χ0n) is 22.9. The van der Waals surface area contributed by atoms with Crippen LogP contribution in [0.15, 0.2) is 71.9 Å². The van der Waals surface area contributed by atoms with E-state index in [-0.39, 0.29) is 23.6 Å². The largest absolute Gasteiger partial charge is 0.494 e. The molecule has 4 rings (SSSR count). The van der Waals surface area contributed by atoms with Crippen LogP contribution in [0.1, 0.15) is 5.56 Å². The van der Waals surface area contributed by atoms with Crippen molar-refractivity contribution in [3.8, 4) is 5.75 Å². The van der Waals surface area contributed by atoms with E-state index in [0.29, 0.717) is 10.6 Å². The first-order chi connectivity index (χ1) is 19.6. The average Bonchev–Trinajstić information content (AvgIpc) is 2.93. The number of amidine groups is 1. The van der Waals surface area contributed by atoms with E-state index in [2.05, 4.69) is 10.6 Å². The molecule has 3 aromatic rings. The molecule has 0 aliphatic carbocycles. The van der Waals surface area contributed by atoms with Gasteiger partial charge in [-0.3, -0.25) is 15.1 Å². The molecule has 1 aliphatic heterocycles. The van der Waals surface area contributed by atoms with Crippen molar-refractivity contribution in [3.05, 3.63) is 94.9 Å². The summed E-state index contributed by atoms with van der Waals surface area (Å²) in [5, 5.41) is 15.1. The number of ether oxygens (including phenoxy) is 1. The van der Waals surface area contributed by atoms with Crippen LogP contribution in [0.25, 0.3) is 0 Å². The van der Waals surface area contributed by atoms with Gasteiger partial charge in [0.05, 0.1) is 19.3 Å². The van der Waals surface area contributed by atoms with Crippen molar-refractivity contribution in [1.82, 2.24) is 9.80 Å². The quantitative estimate of drug-likeness (QED) is 0.314. The molecule has 1 aliphatic rings. The molecule has 3 amide bonds. The molecule has 1 heterocycles. The number of rotatable bonds is 9. The maximum Gasteiger partial charge on any atom is 0.337 e. The van der Waals surface area contributed by atoms with Gasteiger partial charge in [0.2, 0.25) is 0 Å². The number of anilines is 3. The van der Waals surface area contributed by atoms with E-state index in [9.17, 15) is 18.4 Å². The van der Waals surface area contributed by atoms with Crippen LogP contribution < -0.4 is 20.3 Å². The summed E-state index contributed by atoms with van der Waals surface area (Å²) >= 11 is 0. The van der Waals surface area contributed by atoms with E-state index in [1.54, 1.807) is 50.3 Å². The smallest absolute Gasteiger partial charge is 0.337 e. The van der Waals surface area contributed by atoms with Gasteiger partial charge in [-0.05, 0) is 62.6 Å². The molecular formula is C29H29F3N6O3. The first-order valence-electron chi connectivity index (χ1n) is 12.5. The van der Waals surface area contributed by atoms with Crippen LogP contribution in [0.2, 0.25) is 0 Å². The lowest BCUT2D eigenvalue weighted by Crippen LogP contribution is -2.57. The Balaban J connectivity index is 1.91. The average molecular weight is 567 g/mol. The summed E-state index contributed by atoms with van der Waals surface area (Å²) < 4.78 is 49.8. The van der Waals surface area contributed by atoms with Crippen LogP contribution >= 0.6 is 0 Å². The van der Waals surface area contributed by atoms with Crippen molar-refractivity contribution in [2.75, 3.05) is 50.3 Å². The first kappa shape index (κ1) is 29.2. The Morgan fingerprint density at radius 3 is 2.15 bits per heavy atom. The fraction of sp³-hybridized carbons (Fsp3) is 0.207. The molecule has 9 nitrogen and oxygen atoms in total. The van der Waals surface area contributed by atoms with Gasteiger partial charge in [-0.25, -0.2) is 22.9 Å². The van der Waals surface area contributed by atoms with Gasteiger partial charge in [0.1, 0.15) is 23.0 Å². The number of nitrogens with one attached hydrogen (secondary N) is 3. The maximum absolute atomic E-state index is 15.4. The summed E-state index contributed by atoms with van der Waals surface area (Å²) in [6.45, 7) is -0.622. The van der Waals surface area contributed by atoms with Crippen molar-refractivity contribution in [2.45, 2.75) is 6.54 Å². The van der Waals surface area contributed by atoms with Gasteiger partial charge in [-0.2, -0.15) is 0 Å². The van der Waals surface area contributed by atoms with Crippen molar-refractivity contribution < 1.29 is 27.5 Å². The lowest BCUT2D eigenvalue weighted by atomic mass is 10.0. The van der Waals surface area contributed by atoms with Crippen molar-refractivity contribution in [1.29, 1.82) is 5.41 Å². The van der Waals surface area contributed by atoms with Crippen LogP contribution in [-0.2, 0) is 11.3 Å². The molecule has 3 N–H and O–H groups in total. The number of halogens is 3. The highest BCUT2D eigenvalue weighted by atomic mass is 19.1. The number of carbonyl (C=O) groups excluding carboxylic acids is 2. The van der Waals surface area contributed by atoms with Crippen molar-refractivity contribution in [3.63, 3.8) is 0 Å². The van der Waals surface area contributed by atoms with E-state index < -0.39 is 53.0 Å². The normalized spacial score (nSPS) is 15.0. The summed E-state index contributed by atoms with van der Waals surface area (Å²) in [6.07, 6.45) is 0. The molecule has 214 valence electrons. The molecule has 0 unspecified atom stereocenters. The highest BCUT2D eigenvalue weighted by molar-refractivity contribution is 6.38. The third-order valence-electron chi connectivity index (χ3n) is 6.37. The second-order valence-electron chi connectivity index (χ2n) is 9.40. The minimum atomic E-state index is -1.15.